The van der Waals surface area contributed by atoms with Gasteiger partial charge in [0, 0.05) is 6.42 Å². The van der Waals surface area contributed by atoms with E-state index in [-0.39, 0.29) is 27.9 Å². The monoisotopic (exact) mass is 661 g/mol. The second kappa shape index (κ2) is 13.7. The predicted octanol–water partition coefficient (Wildman–Crippen LogP) is 7.18. The van der Waals surface area contributed by atoms with Gasteiger partial charge in [0.2, 0.25) is 15.8 Å². The lowest BCUT2D eigenvalue weighted by Crippen LogP contribution is -2.47. The Morgan fingerprint density at radius 1 is 0.909 bits per heavy atom. The molecule has 0 fully saturated rings. The fourth-order valence-electron chi connectivity index (χ4n) is 3.92. The Labute approximate surface area is 267 Å². The number of esters is 1. The number of terminal acetylenes is 1. The molecule has 2 aromatic rings. The molecule has 8 nitrogen and oxygen atoms in total. The maximum atomic E-state index is 13.9. The molecule has 0 saturated heterocycles. The van der Waals surface area contributed by atoms with Crippen LogP contribution in [0.4, 0.5) is 0 Å². The molecule has 0 aliphatic rings. The summed E-state index contributed by atoms with van der Waals surface area (Å²) >= 11 is 0. The third-order valence-electron chi connectivity index (χ3n) is 8.75. The topological polar surface area (TPSA) is 91.4 Å². The number of benzene rings is 2. The number of hydrogen-bond donors (Lipinski definition) is 0. The maximum Gasteiger partial charge on any atom is 0.324 e. The highest BCUT2D eigenvalue weighted by Crippen LogP contribution is 2.47. The molecule has 1 atom stereocenters. The smallest absolute Gasteiger partial charge is 0.324 e. The van der Waals surface area contributed by atoms with Crippen LogP contribution in [-0.4, -0.2) is 62.1 Å². The first-order chi connectivity index (χ1) is 20.0. The van der Waals surface area contributed by atoms with Crippen LogP contribution in [0.2, 0.25) is 36.3 Å². The minimum Gasteiger partial charge on any atom is -0.541 e. The highest BCUT2D eigenvalue weighted by Gasteiger charge is 2.43. The van der Waals surface area contributed by atoms with Crippen LogP contribution in [0.5, 0.6) is 17.2 Å². The zero-order chi connectivity index (χ0) is 33.9. The first-order valence-electron chi connectivity index (χ1n) is 14.7. The van der Waals surface area contributed by atoms with Crippen LogP contribution in [0, 0.1) is 19.3 Å². The van der Waals surface area contributed by atoms with Crippen molar-refractivity contribution in [2.45, 2.75) is 102 Å². The van der Waals surface area contributed by atoms with Crippen molar-refractivity contribution in [1.82, 2.24) is 4.31 Å². The van der Waals surface area contributed by atoms with Crippen LogP contribution in [0.25, 0.3) is 0 Å². The Balaban J connectivity index is 2.81. The summed E-state index contributed by atoms with van der Waals surface area (Å²) < 4.78 is 53.3. The number of carbonyl (C=O) groups excluding carboxylic acids is 1. The number of carbonyl (C=O) groups is 1. The third-order valence-corrected chi connectivity index (χ3v) is 19.3. The SMILES string of the molecule is C#CCN([C@@H](Cc1cc(O[Si](C)(C)C(C)(C)C)c(OC)c(O[Si](C)(C)C(C)(C)C)c1)C(=O)OC)S(=O)(=O)c1ccc(C)cc1. The number of sulfonamides is 1. The fourth-order valence-corrected chi connectivity index (χ4v) is 7.42. The Hall–Kier alpha value is -2.79. The van der Waals surface area contributed by atoms with Crippen molar-refractivity contribution in [3.63, 3.8) is 0 Å². The lowest BCUT2D eigenvalue weighted by atomic mass is 10.0. The summed E-state index contributed by atoms with van der Waals surface area (Å²) in [5.41, 5.74) is 1.52. The second-order valence-electron chi connectivity index (χ2n) is 14.2. The molecule has 0 bridgehead atoms. The van der Waals surface area contributed by atoms with E-state index in [1.165, 1.54) is 19.2 Å². The van der Waals surface area contributed by atoms with E-state index in [0.29, 0.717) is 22.8 Å². The van der Waals surface area contributed by atoms with E-state index < -0.39 is 38.7 Å². The highest BCUT2D eigenvalue weighted by atomic mass is 32.2. The molecule has 0 heterocycles. The summed E-state index contributed by atoms with van der Waals surface area (Å²) in [5.74, 6) is 3.12. The van der Waals surface area contributed by atoms with Gasteiger partial charge in [0.25, 0.3) is 16.6 Å². The van der Waals surface area contributed by atoms with Crippen LogP contribution in [-0.2, 0) is 26.0 Å². The lowest BCUT2D eigenvalue weighted by Gasteiger charge is -2.39. The largest absolute Gasteiger partial charge is 0.541 e. The summed E-state index contributed by atoms with van der Waals surface area (Å²) in [6.07, 6.45) is 5.62. The fraction of sp³-hybridized carbons (Fsp3) is 0.545. The molecule has 0 aliphatic carbocycles. The average molecular weight is 662 g/mol. The summed E-state index contributed by atoms with van der Waals surface area (Å²) in [7, 11) is -6.09. The molecule has 44 heavy (non-hydrogen) atoms. The summed E-state index contributed by atoms with van der Waals surface area (Å²) in [6, 6.07) is 8.77. The number of methoxy groups -OCH3 is 2. The van der Waals surface area contributed by atoms with Crippen LogP contribution in [0.1, 0.15) is 52.7 Å². The molecule has 0 spiro atoms. The van der Waals surface area contributed by atoms with Crippen molar-refractivity contribution in [2.24, 2.45) is 0 Å². The molecule has 244 valence electrons. The summed E-state index contributed by atoms with van der Waals surface area (Å²) in [4.78, 5) is 13.3. The number of nitrogens with zero attached hydrogens (tertiary/aromatic N) is 1. The molecular weight excluding hydrogens is 611 g/mol. The Morgan fingerprint density at radius 3 is 1.73 bits per heavy atom. The Morgan fingerprint density at radius 2 is 1.36 bits per heavy atom. The quantitative estimate of drug-likeness (QED) is 0.135. The Kier molecular flexibility index (Phi) is 11.6. The van der Waals surface area contributed by atoms with Gasteiger partial charge in [-0.1, -0.05) is 65.2 Å². The summed E-state index contributed by atoms with van der Waals surface area (Å²) in [6.45, 7) is 22.9. The van der Waals surface area contributed by atoms with Crippen molar-refractivity contribution in [1.29, 1.82) is 0 Å². The highest BCUT2D eigenvalue weighted by molar-refractivity contribution is 7.89. The molecule has 0 N–H and O–H groups in total. The zero-order valence-electron chi connectivity index (χ0n) is 28.7. The van der Waals surface area contributed by atoms with Crippen LogP contribution in [0.3, 0.4) is 0 Å². The summed E-state index contributed by atoms with van der Waals surface area (Å²) in [5, 5.41) is -0.233. The molecule has 0 aromatic heterocycles. The maximum absolute atomic E-state index is 13.9. The molecule has 2 aromatic carbocycles. The van der Waals surface area contributed by atoms with Gasteiger partial charge in [0.1, 0.15) is 6.04 Å². The van der Waals surface area contributed by atoms with Gasteiger partial charge in [-0.25, -0.2) is 8.42 Å². The second-order valence-corrected chi connectivity index (χ2v) is 25.5. The van der Waals surface area contributed by atoms with E-state index in [9.17, 15) is 13.2 Å². The molecule has 0 amide bonds. The van der Waals surface area contributed by atoms with Crippen molar-refractivity contribution in [2.75, 3.05) is 20.8 Å². The van der Waals surface area contributed by atoms with Crippen LogP contribution >= 0.6 is 0 Å². The van der Waals surface area contributed by atoms with Gasteiger partial charge in [-0.2, -0.15) is 4.31 Å². The van der Waals surface area contributed by atoms with Crippen molar-refractivity contribution >= 4 is 32.6 Å². The van der Waals surface area contributed by atoms with E-state index >= 15 is 0 Å². The van der Waals surface area contributed by atoms with Gasteiger partial charge in [-0.3, -0.25) is 4.79 Å². The molecule has 0 radical (unpaired) electrons. The van der Waals surface area contributed by atoms with E-state index in [2.05, 4.69) is 73.7 Å². The molecule has 11 heteroatoms. The van der Waals surface area contributed by atoms with Gasteiger partial charge in [-0.15, -0.1) is 6.42 Å². The molecular formula is C33H51NO7SSi2. The molecule has 2 rings (SSSR count). The van der Waals surface area contributed by atoms with E-state index in [1.807, 2.05) is 6.92 Å². The molecule has 0 saturated carbocycles. The molecule has 0 aliphatic heterocycles. The standard InChI is InChI=1S/C33H51NO7SSi2/c1-15-20-34(42(36,37)26-18-16-24(2)17-19-26)27(31(35)39-10)21-25-22-28(40-43(11,12)32(3,4)5)30(38-9)29(23-25)41-44(13,14)33(6,7)8/h1,16-19,22-23,27H,20-21H2,2-14H3/t27-/m0/s1. The third kappa shape index (κ3) is 8.47. The minimum atomic E-state index is -4.17. The van der Waals surface area contributed by atoms with E-state index in [0.717, 1.165) is 9.87 Å². The van der Waals surface area contributed by atoms with Gasteiger partial charge >= 0.3 is 5.97 Å². The number of ether oxygens (including phenoxy) is 2. The number of hydrogen-bond acceptors (Lipinski definition) is 7. The van der Waals surface area contributed by atoms with Crippen molar-refractivity contribution < 1.29 is 31.5 Å². The van der Waals surface area contributed by atoms with Crippen molar-refractivity contribution in [3.8, 4) is 29.6 Å². The first-order valence-corrected chi connectivity index (χ1v) is 22.0. The normalized spacial score (nSPS) is 13.7. The predicted molar refractivity (Wildman–Crippen MR) is 182 cm³/mol. The van der Waals surface area contributed by atoms with E-state index in [4.69, 9.17) is 24.7 Å². The van der Waals surface area contributed by atoms with Crippen LogP contribution < -0.4 is 13.6 Å². The van der Waals surface area contributed by atoms with Gasteiger partial charge in [0.05, 0.1) is 25.7 Å². The lowest BCUT2D eigenvalue weighted by molar-refractivity contribution is -0.145. The van der Waals surface area contributed by atoms with Gasteiger partial charge < -0.3 is 18.3 Å². The average Bonchev–Trinajstić information content (AvgIpc) is 2.88. The number of rotatable bonds is 12. The van der Waals surface area contributed by atoms with Gasteiger partial charge in [0.15, 0.2) is 11.5 Å². The first kappa shape index (κ1) is 37.4. The number of aryl methyl sites for hydroxylation is 1. The van der Waals surface area contributed by atoms with E-state index in [1.54, 1.807) is 31.4 Å². The minimum absolute atomic E-state index is 0.0332. The van der Waals surface area contributed by atoms with Crippen molar-refractivity contribution in [3.05, 3.63) is 47.5 Å². The van der Waals surface area contributed by atoms with Crippen LogP contribution in [0.15, 0.2) is 41.3 Å². The zero-order valence-corrected chi connectivity index (χ0v) is 31.6. The van der Waals surface area contributed by atoms with Gasteiger partial charge in [-0.05, 0) is 73.0 Å². The molecule has 0 unspecified atom stereocenters. The Bertz CT molecular complexity index is 1420.